The van der Waals surface area contributed by atoms with Crippen LogP contribution in [0.15, 0.2) is 35.4 Å². The molecular weight excluding hydrogens is 282 g/mol. The maximum Gasteiger partial charge on any atom is 0.169 e. The number of phenolic OH excluding ortho intramolecular Hbond substituents is 1. The topological polar surface area (TPSA) is 40.5 Å². The van der Waals surface area contributed by atoms with Gasteiger partial charge in [0.25, 0.3) is 0 Å². The van der Waals surface area contributed by atoms with Gasteiger partial charge >= 0.3 is 0 Å². The first-order valence-electron chi connectivity index (χ1n) is 4.87. The summed E-state index contributed by atoms with van der Waals surface area (Å²) in [6.07, 6.45) is 3.33. The van der Waals surface area contributed by atoms with Gasteiger partial charge in [-0.05, 0) is 24.3 Å². The highest BCUT2D eigenvalue weighted by molar-refractivity contribution is 6.34. The molecule has 0 fully saturated rings. The molecule has 0 amide bonds. The largest absolute Gasteiger partial charge is 0.507 e. The Morgan fingerprint density at radius 2 is 1.88 bits per heavy atom. The molecule has 0 heterocycles. The molecule has 0 saturated heterocycles. The van der Waals surface area contributed by atoms with Gasteiger partial charge in [0.1, 0.15) is 5.75 Å². The van der Waals surface area contributed by atoms with Crippen molar-refractivity contribution in [3.05, 3.63) is 46.0 Å². The van der Waals surface area contributed by atoms with E-state index in [0.29, 0.717) is 21.2 Å². The van der Waals surface area contributed by atoms with Crippen LogP contribution in [0.5, 0.6) is 5.75 Å². The molecule has 1 atom stereocenters. The van der Waals surface area contributed by atoms with E-state index in [1.54, 1.807) is 24.3 Å². The molecule has 2 N–H and O–H groups in total. The molecule has 0 spiro atoms. The minimum Gasteiger partial charge on any atom is -0.507 e. The van der Waals surface area contributed by atoms with Crippen LogP contribution >= 0.6 is 34.8 Å². The van der Waals surface area contributed by atoms with Crippen LogP contribution in [0.1, 0.15) is 12.0 Å². The summed E-state index contributed by atoms with van der Waals surface area (Å²) in [6.45, 7) is 0. The number of hydrogen-bond acceptors (Lipinski definition) is 2. The van der Waals surface area contributed by atoms with E-state index in [1.165, 1.54) is 6.07 Å². The van der Waals surface area contributed by atoms with E-state index in [1.807, 2.05) is 0 Å². The van der Waals surface area contributed by atoms with Crippen LogP contribution in [0.3, 0.4) is 0 Å². The van der Waals surface area contributed by atoms with Crippen molar-refractivity contribution in [1.82, 2.24) is 0 Å². The van der Waals surface area contributed by atoms with Crippen LogP contribution in [0, 0.1) is 0 Å². The van der Waals surface area contributed by atoms with Crippen LogP contribution in [-0.4, -0.2) is 15.3 Å². The molecule has 2 nitrogen and oxygen atoms in total. The van der Waals surface area contributed by atoms with E-state index >= 15 is 0 Å². The van der Waals surface area contributed by atoms with Gasteiger partial charge in [-0.1, -0.05) is 40.9 Å². The molecule has 1 aliphatic carbocycles. The molecule has 0 aliphatic heterocycles. The van der Waals surface area contributed by atoms with Gasteiger partial charge in [-0.2, -0.15) is 0 Å². The summed E-state index contributed by atoms with van der Waals surface area (Å²) in [5, 5.41) is 19.1. The Balaban J connectivity index is 2.52. The second-order valence-electron chi connectivity index (χ2n) is 3.79. The third kappa shape index (κ3) is 2.61. The fourth-order valence-electron chi connectivity index (χ4n) is 1.71. The molecule has 0 saturated carbocycles. The van der Waals surface area contributed by atoms with E-state index in [2.05, 4.69) is 0 Å². The summed E-state index contributed by atoms with van der Waals surface area (Å²) in [5.74, 6) is -0.0331. The third-order valence-electron chi connectivity index (χ3n) is 2.50. The van der Waals surface area contributed by atoms with Crippen LogP contribution in [0.25, 0.3) is 5.57 Å². The fraction of sp³-hybridized carbons (Fsp3) is 0.167. The van der Waals surface area contributed by atoms with Gasteiger partial charge in [-0.3, -0.25) is 0 Å². The number of rotatable bonds is 1. The number of alkyl halides is 1. The molecule has 17 heavy (non-hydrogen) atoms. The zero-order valence-electron chi connectivity index (χ0n) is 8.62. The lowest BCUT2D eigenvalue weighted by molar-refractivity contribution is 0.190. The Bertz CT molecular complexity index is 518. The smallest absolute Gasteiger partial charge is 0.169 e. The van der Waals surface area contributed by atoms with Crippen LogP contribution in [0.4, 0.5) is 0 Å². The predicted octanol–water partition coefficient (Wildman–Crippen LogP) is 3.88. The Morgan fingerprint density at radius 1 is 1.18 bits per heavy atom. The van der Waals surface area contributed by atoms with E-state index in [-0.39, 0.29) is 12.2 Å². The molecule has 5 heteroatoms. The standard InChI is InChI=1S/C12H9Cl3O2/c13-7-1-3-9(11(16)5-7)10-4-2-8(14)6-12(10,15)17/h1-5,16-17H,6H2. The van der Waals surface area contributed by atoms with Gasteiger partial charge in [0.15, 0.2) is 5.06 Å². The van der Waals surface area contributed by atoms with E-state index < -0.39 is 5.06 Å². The number of hydrogen-bond donors (Lipinski definition) is 2. The maximum absolute atomic E-state index is 10.1. The molecule has 2 rings (SSSR count). The quantitative estimate of drug-likeness (QED) is 0.771. The number of allylic oxidation sites excluding steroid dienone is 2. The van der Waals surface area contributed by atoms with Crippen LogP contribution in [0.2, 0.25) is 5.02 Å². The molecule has 0 bridgehead atoms. The Labute approximate surface area is 114 Å². The van der Waals surface area contributed by atoms with Gasteiger partial charge in [0, 0.05) is 27.6 Å². The molecule has 1 aromatic carbocycles. The molecule has 1 aromatic rings. The van der Waals surface area contributed by atoms with E-state index in [4.69, 9.17) is 34.8 Å². The van der Waals surface area contributed by atoms with Crippen molar-refractivity contribution < 1.29 is 10.2 Å². The van der Waals surface area contributed by atoms with E-state index in [0.717, 1.165) is 0 Å². The van der Waals surface area contributed by atoms with Crippen molar-refractivity contribution >= 4 is 40.4 Å². The summed E-state index contributed by atoms with van der Waals surface area (Å²) >= 11 is 17.5. The van der Waals surface area contributed by atoms with Gasteiger partial charge in [0.05, 0.1) is 0 Å². The fourth-order valence-corrected chi connectivity index (χ4v) is 2.51. The molecule has 0 aromatic heterocycles. The van der Waals surface area contributed by atoms with Crippen molar-refractivity contribution in [2.75, 3.05) is 0 Å². The summed E-state index contributed by atoms with van der Waals surface area (Å²) in [5.41, 5.74) is 0.838. The predicted molar refractivity (Wildman–Crippen MR) is 70.4 cm³/mol. The number of aromatic hydroxyl groups is 1. The average Bonchev–Trinajstić information content (AvgIpc) is 2.18. The van der Waals surface area contributed by atoms with Crippen LogP contribution in [-0.2, 0) is 0 Å². The highest BCUT2D eigenvalue weighted by atomic mass is 35.5. The molecule has 90 valence electrons. The summed E-state index contributed by atoms with van der Waals surface area (Å²) in [7, 11) is 0. The van der Waals surface area contributed by atoms with Gasteiger partial charge in [0.2, 0.25) is 0 Å². The zero-order valence-corrected chi connectivity index (χ0v) is 10.9. The third-order valence-corrected chi connectivity index (χ3v) is 3.33. The lowest BCUT2D eigenvalue weighted by Gasteiger charge is -2.27. The van der Waals surface area contributed by atoms with Gasteiger partial charge < -0.3 is 10.2 Å². The minimum atomic E-state index is -1.61. The molecule has 0 radical (unpaired) electrons. The number of aliphatic hydroxyl groups is 1. The van der Waals surface area contributed by atoms with Gasteiger partial charge in [-0.25, -0.2) is 0 Å². The first kappa shape index (κ1) is 12.8. The first-order chi connectivity index (χ1) is 7.90. The molecular formula is C12H9Cl3O2. The number of halogens is 3. The van der Waals surface area contributed by atoms with Crippen molar-refractivity contribution in [1.29, 1.82) is 0 Å². The highest BCUT2D eigenvalue weighted by Gasteiger charge is 2.33. The van der Waals surface area contributed by atoms with Crippen molar-refractivity contribution in [3.8, 4) is 5.75 Å². The lowest BCUT2D eigenvalue weighted by Crippen LogP contribution is -2.24. The average molecular weight is 292 g/mol. The summed E-state index contributed by atoms with van der Waals surface area (Å²) in [4.78, 5) is 0. The van der Waals surface area contributed by atoms with E-state index in [9.17, 15) is 10.2 Å². The van der Waals surface area contributed by atoms with Crippen molar-refractivity contribution in [2.24, 2.45) is 0 Å². The minimum absolute atomic E-state index is 0.0331. The zero-order chi connectivity index (χ0) is 12.6. The SMILES string of the molecule is Oc1cc(Cl)ccc1C1=CC=C(Cl)CC1(O)Cl. The second-order valence-corrected chi connectivity index (χ2v) is 5.34. The van der Waals surface area contributed by atoms with Crippen molar-refractivity contribution in [3.63, 3.8) is 0 Å². The highest BCUT2D eigenvalue weighted by Crippen LogP contribution is 2.43. The Kier molecular flexibility index (Phi) is 3.41. The summed E-state index contributed by atoms with van der Waals surface area (Å²) < 4.78 is 0. The Hall–Kier alpha value is -0.670. The normalized spacial score (nSPS) is 24.2. The molecule has 1 unspecified atom stereocenters. The number of benzene rings is 1. The van der Waals surface area contributed by atoms with Crippen LogP contribution < -0.4 is 0 Å². The van der Waals surface area contributed by atoms with Crippen molar-refractivity contribution in [2.45, 2.75) is 11.5 Å². The Morgan fingerprint density at radius 3 is 2.47 bits per heavy atom. The summed E-state index contributed by atoms with van der Waals surface area (Å²) in [6, 6.07) is 4.61. The lowest BCUT2D eigenvalue weighted by atomic mass is 9.93. The molecule has 1 aliphatic rings. The second kappa shape index (κ2) is 4.54. The first-order valence-corrected chi connectivity index (χ1v) is 6.00. The maximum atomic E-state index is 10.1. The van der Waals surface area contributed by atoms with Gasteiger partial charge in [-0.15, -0.1) is 0 Å². The monoisotopic (exact) mass is 290 g/mol. The number of phenols is 1.